The van der Waals surface area contributed by atoms with Crippen molar-refractivity contribution >= 4 is 12.6 Å². The quantitative estimate of drug-likeness (QED) is 0.676. The number of hydrogen-bond donors (Lipinski definition) is 0. The largest absolute Gasteiger partial charge is 0.497 e. The van der Waals surface area contributed by atoms with E-state index in [2.05, 4.69) is 38.6 Å². The smallest absolute Gasteiger partial charge is 0.145 e. The Labute approximate surface area is 85.5 Å². The van der Waals surface area contributed by atoms with E-state index < -0.39 is 0 Å². The zero-order chi connectivity index (χ0) is 9.90. The summed E-state index contributed by atoms with van der Waals surface area (Å²) >= 11 is 3.75. The Kier molecular flexibility index (Phi) is 3.26. The molecular weight excluding hydrogens is 180 g/mol. The SMILES string of the molecule is CCC(C)([SH2+])c1ccc(OC)cc1. The van der Waals surface area contributed by atoms with Crippen LogP contribution in [0, 0.1) is 0 Å². The molecule has 1 nitrogen and oxygen atoms in total. The minimum Gasteiger partial charge on any atom is -0.497 e. The van der Waals surface area contributed by atoms with E-state index in [1.807, 2.05) is 12.1 Å². The Balaban J connectivity index is 2.92. The molecule has 0 saturated carbocycles. The fraction of sp³-hybridized carbons (Fsp3) is 0.455. The van der Waals surface area contributed by atoms with Crippen LogP contribution in [-0.2, 0) is 17.4 Å². The fourth-order valence-electron chi connectivity index (χ4n) is 1.16. The molecule has 0 radical (unpaired) electrons. The van der Waals surface area contributed by atoms with Crippen LogP contribution in [0.15, 0.2) is 24.3 Å². The average Bonchev–Trinajstić information content (AvgIpc) is 2.18. The van der Waals surface area contributed by atoms with Gasteiger partial charge in [-0.2, -0.15) is 0 Å². The number of methoxy groups -OCH3 is 1. The first kappa shape index (κ1) is 10.5. The lowest BCUT2D eigenvalue weighted by molar-refractivity contribution is 0.414. The van der Waals surface area contributed by atoms with Crippen LogP contribution in [0.2, 0.25) is 0 Å². The number of hydrogen-bond acceptors (Lipinski definition) is 1. The van der Waals surface area contributed by atoms with Crippen LogP contribution < -0.4 is 4.74 Å². The molecule has 1 rings (SSSR count). The predicted molar refractivity (Wildman–Crippen MR) is 60.8 cm³/mol. The van der Waals surface area contributed by atoms with Gasteiger partial charge in [0.1, 0.15) is 10.5 Å². The molecule has 0 fully saturated rings. The maximum Gasteiger partial charge on any atom is 0.145 e. The van der Waals surface area contributed by atoms with Gasteiger partial charge in [-0.3, -0.25) is 0 Å². The Morgan fingerprint density at radius 1 is 1.31 bits per heavy atom. The molecule has 13 heavy (non-hydrogen) atoms. The molecular formula is C11H17OS+. The lowest BCUT2D eigenvalue weighted by Gasteiger charge is -2.15. The maximum atomic E-state index is 5.10. The van der Waals surface area contributed by atoms with E-state index >= 15 is 0 Å². The van der Waals surface area contributed by atoms with Gasteiger partial charge in [-0.1, -0.05) is 19.1 Å². The number of benzene rings is 1. The van der Waals surface area contributed by atoms with Crippen LogP contribution in [0.1, 0.15) is 25.8 Å². The highest BCUT2D eigenvalue weighted by Crippen LogP contribution is 2.26. The van der Waals surface area contributed by atoms with E-state index in [1.54, 1.807) is 7.11 Å². The van der Waals surface area contributed by atoms with Gasteiger partial charge < -0.3 is 4.74 Å². The molecule has 0 spiro atoms. The summed E-state index contributed by atoms with van der Waals surface area (Å²) in [6, 6.07) is 8.16. The summed E-state index contributed by atoms with van der Waals surface area (Å²) in [5.74, 6) is 0.905. The normalized spacial score (nSPS) is 15.1. The molecule has 0 N–H and O–H groups in total. The molecule has 0 aliphatic carbocycles. The van der Waals surface area contributed by atoms with Gasteiger partial charge in [0, 0.05) is 5.56 Å². The minimum absolute atomic E-state index is 0.0757. The van der Waals surface area contributed by atoms with Crippen molar-refractivity contribution in [3.05, 3.63) is 29.8 Å². The second-order valence-corrected chi connectivity index (χ2v) is 4.52. The van der Waals surface area contributed by atoms with E-state index in [0.717, 1.165) is 12.2 Å². The monoisotopic (exact) mass is 197 g/mol. The van der Waals surface area contributed by atoms with Crippen molar-refractivity contribution in [1.29, 1.82) is 0 Å². The van der Waals surface area contributed by atoms with Gasteiger partial charge >= 0.3 is 0 Å². The van der Waals surface area contributed by atoms with Crippen molar-refractivity contribution in [3.63, 3.8) is 0 Å². The first-order valence-corrected chi connectivity index (χ1v) is 4.99. The molecule has 0 aliphatic heterocycles. The molecule has 0 bridgehead atoms. The zero-order valence-corrected chi connectivity index (χ0v) is 9.42. The molecule has 0 amide bonds. The minimum atomic E-state index is 0.0757. The third-order valence-corrected chi connectivity index (χ3v) is 3.08. The summed E-state index contributed by atoms with van der Waals surface area (Å²) in [6.07, 6.45) is 1.07. The van der Waals surface area contributed by atoms with Crippen LogP contribution in [0.25, 0.3) is 0 Å². The van der Waals surface area contributed by atoms with Crippen LogP contribution >= 0.6 is 0 Å². The van der Waals surface area contributed by atoms with Crippen molar-refractivity contribution in [1.82, 2.24) is 0 Å². The van der Waals surface area contributed by atoms with E-state index in [1.165, 1.54) is 5.56 Å². The van der Waals surface area contributed by atoms with Gasteiger partial charge in [-0.05, 0) is 38.1 Å². The van der Waals surface area contributed by atoms with E-state index in [4.69, 9.17) is 4.74 Å². The van der Waals surface area contributed by atoms with Crippen LogP contribution in [-0.4, -0.2) is 7.11 Å². The topological polar surface area (TPSA) is 9.23 Å². The summed E-state index contributed by atoms with van der Waals surface area (Å²) in [4.78, 5) is 0. The van der Waals surface area contributed by atoms with Crippen molar-refractivity contribution in [2.75, 3.05) is 7.11 Å². The second-order valence-electron chi connectivity index (χ2n) is 3.41. The summed E-state index contributed by atoms with van der Waals surface area (Å²) in [6.45, 7) is 4.34. The Bertz CT molecular complexity index is 264. The lowest BCUT2D eigenvalue weighted by atomic mass is 9.97. The van der Waals surface area contributed by atoms with Gasteiger partial charge in [-0.15, -0.1) is 0 Å². The first-order chi connectivity index (χ1) is 6.10. The summed E-state index contributed by atoms with van der Waals surface area (Å²) in [5, 5.41) is 0. The Morgan fingerprint density at radius 3 is 2.23 bits per heavy atom. The Hall–Kier alpha value is -0.630. The molecule has 1 unspecified atom stereocenters. The second kappa shape index (κ2) is 4.05. The molecule has 0 aromatic heterocycles. The molecule has 0 heterocycles. The predicted octanol–water partition coefficient (Wildman–Crippen LogP) is 2.33. The van der Waals surface area contributed by atoms with E-state index in [-0.39, 0.29) is 4.75 Å². The summed E-state index contributed by atoms with van der Waals surface area (Å²) < 4.78 is 5.18. The molecule has 1 aromatic carbocycles. The zero-order valence-electron chi connectivity index (χ0n) is 8.42. The average molecular weight is 197 g/mol. The van der Waals surface area contributed by atoms with Crippen LogP contribution in [0.5, 0.6) is 5.75 Å². The van der Waals surface area contributed by atoms with Gasteiger partial charge in [-0.25, -0.2) is 0 Å². The molecule has 0 aliphatic rings. The highest BCUT2D eigenvalue weighted by molar-refractivity contribution is 7.60. The highest BCUT2D eigenvalue weighted by Gasteiger charge is 2.25. The first-order valence-electron chi connectivity index (χ1n) is 4.49. The van der Waals surface area contributed by atoms with Gasteiger partial charge in [0.15, 0.2) is 0 Å². The molecule has 72 valence electrons. The molecule has 0 saturated heterocycles. The maximum absolute atomic E-state index is 5.10. The van der Waals surface area contributed by atoms with Crippen molar-refractivity contribution in [2.24, 2.45) is 0 Å². The standard InChI is InChI=1S/C11H16OS/c1-4-11(2,13)9-5-7-10(12-3)8-6-9/h5-8,13H,4H2,1-3H3/p+1. The third kappa shape index (κ3) is 2.41. The van der Waals surface area contributed by atoms with Gasteiger partial charge in [0.2, 0.25) is 0 Å². The van der Waals surface area contributed by atoms with Crippen molar-refractivity contribution < 1.29 is 4.74 Å². The number of ether oxygens (including phenoxy) is 1. The summed E-state index contributed by atoms with van der Waals surface area (Å²) in [7, 11) is 1.68. The summed E-state index contributed by atoms with van der Waals surface area (Å²) in [5.41, 5.74) is 1.28. The van der Waals surface area contributed by atoms with E-state index in [0.29, 0.717) is 0 Å². The lowest BCUT2D eigenvalue weighted by Crippen LogP contribution is -2.16. The van der Waals surface area contributed by atoms with Crippen molar-refractivity contribution in [2.45, 2.75) is 25.0 Å². The third-order valence-electron chi connectivity index (χ3n) is 2.43. The van der Waals surface area contributed by atoms with Gasteiger partial charge in [0.25, 0.3) is 0 Å². The molecule has 2 heteroatoms. The van der Waals surface area contributed by atoms with E-state index in [9.17, 15) is 0 Å². The molecule has 1 atom stereocenters. The van der Waals surface area contributed by atoms with Crippen LogP contribution in [0.4, 0.5) is 0 Å². The van der Waals surface area contributed by atoms with Crippen LogP contribution in [0.3, 0.4) is 0 Å². The van der Waals surface area contributed by atoms with Crippen molar-refractivity contribution in [3.8, 4) is 5.75 Å². The van der Waals surface area contributed by atoms with Gasteiger partial charge in [0.05, 0.1) is 7.11 Å². The highest BCUT2D eigenvalue weighted by atomic mass is 32.1. The fourth-order valence-corrected chi connectivity index (χ4v) is 1.33. The Morgan fingerprint density at radius 2 is 1.85 bits per heavy atom. The number of rotatable bonds is 3. The molecule has 1 aromatic rings.